The molecule has 1 aromatic heterocycles. The summed E-state index contributed by atoms with van der Waals surface area (Å²) in [6, 6.07) is 21.0. The van der Waals surface area contributed by atoms with E-state index in [0.717, 1.165) is 55.7 Å². The number of fused-ring (bicyclic) bond motifs is 5. The van der Waals surface area contributed by atoms with Crippen molar-refractivity contribution in [2.75, 3.05) is 0 Å². The summed E-state index contributed by atoms with van der Waals surface area (Å²) in [6.45, 7) is 6.82. The summed E-state index contributed by atoms with van der Waals surface area (Å²) in [7, 11) is 0. The highest BCUT2D eigenvalue weighted by molar-refractivity contribution is 6.32. The average Bonchev–Trinajstić information content (AvgIpc) is 2.74. The number of pyridine rings is 1. The molecule has 0 saturated heterocycles. The number of halogens is 1. The van der Waals surface area contributed by atoms with Crippen molar-refractivity contribution in [3.8, 4) is 22.8 Å². The fraction of sp³-hybridized carbons (Fsp3) is 0.179. The van der Waals surface area contributed by atoms with Gasteiger partial charge in [0.25, 0.3) is 0 Å². The van der Waals surface area contributed by atoms with E-state index in [9.17, 15) is 0 Å². The molecule has 0 unspecified atom stereocenters. The van der Waals surface area contributed by atoms with Gasteiger partial charge in [0.2, 0.25) is 0 Å². The number of rotatable bonds is 1. The van der Waals surface area contributed by atoms with Gasteiger partial charge in [0, 0.05) is 22.3 Å². The molecule has 3 heteroatoms. The lowest BCUT2D eigenvalue weighted by molar-refractivity contribution is 0.400. The van der Waals surface area contributed by atoms with Gasteiger partial charge in [-0.1, -0.05) is 62.7 Å². The van der Waals surface area contributed by atoms with Crippen LogP contribution in [0.15, 0.2) is 66.9 Å². The monoisotopic (exact) mass is 423 g/mol. The fourth-order valence-electron chi connectivity index (χ4n) is 4.83. The van der Waals surface area contributed by atoms with Gasteiger partial charge in [0.1, 0.15) is 11.5 Å². The van der Waals surface area contributed by atoms with E-state index < -0.39 is 0 Å². The van der Waals surface area contributed by atoms with Gasteiger partial charge in [-0.05, 0) is 69.1 Å². The minimum absolute atomic E-state index is 0.126. The Morgan fingerprint density at radius 1 is 0.871 bits per heavy atom. The summed E-state index contributed by atoms with van der Waals surface area (Å²) in [6.07, 6.45) is 2.82. The van der Waals surface area contributed by atoms with Crippen LogP contribution in [0.2, 0.25) is 5.02 Å². The minimum atomic E-state index is 0.126. The van der Waals surface area contributed by atoms with Crippen LogP contribution in [0.4, 0.5) is 0 Å². The van der Waals surface area contributed by atoms with Gasteiger partial charge in [0.05, 0.1) is 11.1 Å². The lowest BCUT2D eigenvalue weighted by atomic mass is 9.83. The van der Waals surface area contributed by atoms with Gasteiger partial charge in [-0.2, -0.15) is 0 Å². The van der Waals surface area contributed by atoms with Crippen molar-refractivity contribution in [1.29, 1.82) is 0 Å². The van der Waals surface area contributed by atoms with Crippen LogP contribution in [0.3, 0.4) is 0 Å². The van der Waals surface area contributed by atoms with Crippen molar-refractivity contribution in [1.82, 2.24) is 4.98 Å². The number of hydrogen-bond acceptors (Lipinski definition) is 2. The van der Waals surface area contributed by atoms with Crippen molar-refractivity contribution in [2.24, 2.45) is 5.41 Å². The second-order valence-corrected chi connectivity index (χ2v) is 10.1. The Bertz CT molecular complexity index is 1530. The van der Waals surface area contributed by atoms with Crippen LogP contribution in [0.5, 0.6) is 11.5 Å². The van der Waals surface area contributed by atoms with E-state index in [2.05, 4.69) is 69.3 Å². The maximum absolute atomic E-state index is 6.70. The summed E-state index contributed by atoms with van der Waals surface area (Å²) in [5.41, 5.74) is 3.43. The predicted octanol–water partition coefficient (Wildman–Crippen LogP) is 8.56. The van der Waals surface area contributed by atoms with E-state index in [0.29, 0.717) is 0 Å². The van der Waals surface area contributed by atoms with Crippen LogP contribution in [-0.2, 0) is 6.42 Å². The second kappa shape index (κ2) is 6.45. The van der Waals surface area contributed by atoms with E-state index >= 15 is 0 Å². The summed E-state index contributed by atoms with van der Waals surface area (Å²) in [5, 5.41) is 7.62. The first-order valence-corrected chi connectivity index (χ1v) is 11.0. The molecule has 0 spiro atoms. The average molecular weight is 424 g/mol. The Kier molecular flexibility index (Phi) is 3.88. The molecule has 1 aliphatic rings. The zero-order chi connectivity index (χ0) is 21.3. The van der Waals surface area contributed by atoms with E-state index in [-0.39, 0.29) is 5.41 Å². The molecule has 4 aromatic carbocycles. The molecule has 0 aliphatic carbocycles. The second-order valence-electron chi connectivity index (χ2n) is 9.61. The summed E-state index contributed by atoms with van der Waals surface area (Å²) < 4.78 is 6.70. The van der Waals surface area contributed by atoms with Gasteiger partial charge in [-0.3, -0.25) is 4.98 Å². The first-order valence-electron chi connectivity index (χ1n) is 10.6. The molecule has 0 radical (unpaired) electrons. The molecule has 0 N–H and O–H groups in total. The lowest BCUT2D eigenvalue weighted by Crippen LogP contribution is -2.12. The molecule has 0 saturated carbocycles. The first kappa shape index (κ1) is 18.7. The van der Waals surface area contributed by atoms with Crippen molar-refractivity contribution in [3.05, 3.63) is 77.4 Å². The van der Waals surface area contributed by atoms with Crippen molar-refractivity contribution < 1.29 is 4.74 Å². The summed E-state index contributed by atoms with van der Waals surface area (Å²) in [4.78, 5) is 4.84. The van der Waals surface area contributed by atoms with Crippen LogP contribution in [0.1, 0.15) is 26.3 Å². The van der Waals surface area contributed by atoms with Gasteiger partial charge in [0.15, 0.2) is 0 Å². The molecule has 5 aromatic rings. The number of aromatic nitrogens is 1. The largest absolute Gasteiger partial charge is 0.456 e. The summed E-state index contributed by atoms with van der Waals surface area (Å²) >= 11 is 6.33. The summed E-state index contributed by atoms with van der Waals surface area (Å²) in [5.74, 6) is 1.81. The molecule has 6 rings (SSSR count). The topological polar surface area (TPSA) is 22.1 Å². The molecule has 152 valence electrons. The molecule has 0 amide bonds. The SMILES string of the molecule is CC(C)(C)Cc1c2c(cc3ccccc13)-c1nccc3c1c(cc1ccc(Cl)cc13)O2. The molecule has 2 heterocycles. The Balaban J connectivity index is 1.75. The molecule has 31 heavy (non-hydrogen) atoms. The molecular weight excluding hydrogens is 402 g/mol. The lowest BCUT2D eigenvalue weighted by Gasteiger charge is -2.27. The van der Waals surface area contributed by atoms with E-state index in [1.54, 1.807) is 0 Å². The third-order valence-corrected chi connectivity index (χ3v) is 6.30. The van der Waals surface area contributed by atoms with Gasteiger partial charge < -0.3 is 4.74 Å². The van der Waals surface area contributed by atoms with Crippen LogP contribution < -0.4 is 4.74 Å². The normalized spacial score (nSPS) is 12.9. The zero-order valence-corrected chi connectivity index (χ0v) is 18.5. The number of ether oxygens (including phenoxy) is 1. The predicted molar refractivity (Wildman–Crippen MR) is 130 cm³/mol. The van der Waals surface area contributed by atoms with E-state index in [4.69, 9.17) is 21.3 Å². The standard InChI is InChI=1S/C28H22ClNO/c1-28(2,3)15-23-19-7-5-4-6-16(19)12-22-26-25-20(10-11-30-26)21-14-18(29)9-8-17(21)13-24(25)31-27(22)23/h4-14H,15H2,1-3H3. The molecular formula is C28H22ClNO. The van der Waals surface area contributed by atoms with Gasteiger partial charge >= 0.3 is 0 Å². The minimum Gasteiger partial charge on any atom is -0.456 e. The maximum atomic E-state index is 6.70. The Labute approximate surface area is 186 Å². The zero-order valence-electron chi connectivity index (χ0n) is 17.8. The van der Waals surface area contributed by atoms with Crippen molar-refractivity contribution in [3.63, 3.8) is 0 Å². The van der Waals surface area contributed by atoms with Crippen LogP contribution >= 0.6 is 11.6 Å². The Hall–Kier alpha value is -3.10. The highest BCUT2D eigenvalue weighted by Crippen LogP contribution is 2.51. The molecule has 1 aliphatic heterocycles. The van der Waals surface area contributed by atoms with Crippen molar-refractivity contribution >= 4 is 43.9 Å². The molecule has 0 bridgehead atoms. The highest BCUT2D eigenvalue weighted by atomic mass is 35.5. The smallest absolute Gasteiger partial charge is 0.140 e. The van der Waals surface area contributed by atoms with Crippen LogP contribution in [0, 0.1) is 5.41 Å². The molecule has 0 atom stereocenters. The third-order valence-electron chi connectivity index (χ3n) is 6.07. The quantitative estimate of drug-likeness (QED) is 0.247. The molecule has 2 nitrogen and oxygen atoms in total. The molecule has 0 fully saturated rings. The van der Waals surface area contributed by atoms with Crippen LogP contribution in [-0.4, -0.2) is 4.98 Å². The van der Waals surface area contributed by atoms with Gasteiger partial charge in [-0.25, -0.2) is 0 Å². The first-order chi connectivity index (χ1) is 14.9. The Morgan fingerprint density at radius 2 is 1.68 bits per heavy atom. The maximum Gasteiger partial charge on any atom is 0.140 e. The third kappa shape index (κ3) is 2.90. The highest BCUT2D eigenvalue weighted by Gasteiger charge is 2.28. The van der Waals surface area contributed by atoms with E-state index in [1.165, 1.54) is 16.3 Å². The number of hydrogen-bond donors (Lipinski definition) is 0. The number of benzene rings is 4. The Morgan fingerprint density at radius 3 is 2.52 bits per heavy atom. The number of nitrogens with zero attached hydrogens (tertiary/aromatic N) is 1. The van der Waals surface area contributed by atoms with Gasteiger partial charge in [-0.15, -0.1) is 0 Å². The van der Waals surface area contributed by atoms with E-state index in [1.807, 2.05) is 18.3 Å². The van der Waals surface area contributed by atoms with Crippen LogP contribution in [0.25, 0.3) is 43.6 Å². The fourth-order valence-corrected chi connectivity index (χ4v) is 5.01. The van der Waals surface area contributed by atoms with Crippen molar-refractivity contribution in [2.45, 2.75) is 27.2 Å².